The maximum Gasteiger partial charge on any atom is 0.113 e. The molecule has 0 amide bonds. The minimum atomic E-state index is 0.0581. The van der Waals surface area contributed by atoms with Gasteiger partial charge in [0, 0.05) is 5.38 Å². The van der Waals surface area contributed by atoms with Crippen molar-refractivity contribution in [2.45, 2.75) is 65.3 Å². The molecule has 1 heterocycles. The van der Waals surface area contributed by atoms with Crippen molar-refractivity contribution >= 4 is 11.3 Å². The Morgan fingerprint density at radius 1 is 1.35 bits per heavy atom. The fourth-order valence-corrected chi connectivity index (χ4v) is 3.13. The number of thiazole rings is 1. The van der Waals surface area contributed by atoms with Crippen LogP contribution in [0, 0.1) is 0 Å². The molecule has 3 heteroatoms. The third-order valence-electron chi connectivity index (χ3n) is 3.10. The van der Waals surface area contributed by atoms with Crippen LogP contribution >= 0.6 is 11.3 Å². The fraction of sp³-hybridized carbons (Fsp3) is 0.786. The van der Waals surface area contributed by atoms with Crippen LogP contribution in [-0.4, -0.2) is 11.5 Å². The third kappa shape index (κ3) is 3.78. The second-order valence-electron chi connectivity index (χ2n) is 5.24. The van der Waals surface area contributed by atoms with Gasteiger partial charge in [-0.15, -0.1) is 11.3 Å². The molecule has 0 aliphatic rings. The average molecular weight is 254 g/mol. The van der Waals surface area contributed by atoms with Gasteiger partial charge >= 0.3 is 0 Å². The molecule has 0 saturated heterocycles. The molecule has 1 N–H and O–H groups in total. The molecular formula is C14H26N2S. The molecule has 1 unspecified atom stereocenters. The van der Waals surface area contributed by atoms with Gasteiger partial charge in [-0.1, -0.05) is 34.1 Å². The molecule has 17 heavy (non-hydrogen) atoms. The predicted octanol–water partition coefficient (Wildman–Crippen LogP) is 4.28. The quantitative estimate of drug-likeness (QED) is 0.785. The Labute approximate surface area is 110 Å². The smallest absolute Gasteiger partial charge is 0.113 e. The van der Waals surface area contributed by atoms with Crippen molar-refractivity contribution < 1.29 is 0 Å². The molecule has 2 nitrogen and oxygen atoms in total. The Balaban J connectivity index is 2.87. The third-order valence-corrected chi connectivity index (χ3v) is 4.23. The van der Waals surface area contributed by atoms with E-state index in [4.69, 9.17) is 4.98 Å². The molecule has 0 bridgehead atoms. The molecule has 0 fully saturated rings. The van der Waals surface area contributed by atoms with E-state index in [2.05, 4.69) is 45.3 Å². The number of nitrogens with zero attached hydrogens (tertiary/aromatic N) is 1. The maximum absolute atomic E-state index is 4.81. The lowest BCUT2D eigenvalue weighted by Crippen LogP contribution is -2.39. The molecule has 1 atom stereocenters. The molecule has 0 spiro atoms. The summed E-state index contributed by atoms with van der Waals surface area (Å²) in [6.07, 6.45) is 3.50. The molecule has 0 aliphatic carbocycles. The summed E-state index contributed by atoms with van der Waals surface area (Å²) in [7, 11) is 0. The lowest BCUT2D eigenvalue weighted by atomic mass is 9.96. The summed E-state index contributed by atoms with van der Waals surface area (Å²) in [5.41, 5.74) is 1.29. The van der Waals surface area contributed by atoms with Crippen LogP contribution in [0.1, 0.15) is 70.5 Å². The molecular weight excluding hydrogens is 228 g/mol. The number of hydrogen-bond acceptors (Lipinski definition) is 3. The first kappa shape index (κ1) is 14.7. The van der Waals surface area contributed by atoms with Crippen LogP contribution < -0.4 is 5.32 Å². The molecule has 1 rings (SSSR count). The predicted molar refractivity (Wildman–Crippen MR) is 76.8 cm³/mol. The molecule has 0 radical (unpaired) electrons. The van der Waals surface area contributed by atoms with Crippen LogP contribution in [0.2, 0.25) is 0 Å². The van der Waals surface area contributed by atoms with Gasteiger partial charge in [0.25, 0.3) is 0 Å². The Morgan fingerprint density at radius 2 is 2.06 bits per heavy atom. The van der Waals surface area contributed by atoms with Crippen LogP contribution in [-0.2, 0) is 5.54 Å². The Bertz CT molecular complexity index is 333. The molecule has 1 aromatic rings. The SMILES string of the molecule is CCCNC(C)(CCC)c1nc(C(C)C)cs1. The summed E-state index contributed by atoms with van der Waals surface area (Å²) in [4.78, 5) is 4.81. The van der Waals surface area contributed by atoms with Gasteiger partial charge in [0.2, 0.25) is 0 Å². The molecule has 1 aromatic heterocycles. The van der Waals surface area contributed by atoms with E-state index in [0.717, 1.165) is 13.0 Å². The minimum Gasteiger partial charge on any atom is -0.306 e. The normalized spacial score (nSPS) is 15.2. The maximum atomic E-state index is 4.81. The highest BCUT2D eigenvalue weighted by atomic mass is 32.1. The molecule has 0 aliphatic heterocycles. The van der Waals surface area contributed by atoms with Crippen molar-refractivity contribution in [3.63, 3.8) is 0 Å². The number of rotatable bonds is 7. The lowest BCUT2D eigenvalue weighted by Gasteiger charge is -2.28. The average Bonchev–Trinajstić information content (AvgIpc) is 2.76. The van der Waals surface area contributed by atoms with Crippen LogP contribution in [0.15, 0.2) is 5.38 Å². The van der Waals surface area contributed by atoms with Gasteiger partial charge in [-0.05, 0) is 32.2 Å². The van der Waals surface area contributed by atoms with Crippen LogP contribution in [0.4, 0.5) is 0 Å². The monoisotopic (exact) mass is 254 g/mol. The van der Waals surface area contributed by atoms with Gasteiger partial charge in [0.05, 0.1) is 11.2 Å². The largest absolute Gasteiger partial charge is 0.306 e. The second-order valence-corrected chi connectivity index (χ2v) is 6.10. The number of hydrogen-bond donors (Lipinski definition) is 1. The summed E-state index contributed by atoms with van der Waals surface area (Å²) in [5, 5.41) is 7.12. The van der Waals surface area contributed by atoms with E-state index in [9.17, 15) is 0 Å². The van der Waals surface area contributed by atoms with E-state index in [1.165, 1.54) is 23.5 Å². The Morgan fingerprint density at radius 3 is 2.53 bits per heavy atom. The van der Waals surface area contributed by atoms with Crippen molar-refractivity contribution in [2.75, 3.05) is 6.54 Å². The van der Waals surface area contributed by atoms with Crippen LogP contribution in [0.5, 0.6) is 0 Å². The standard InChI is InChI=1S/C14H26N2S/c1-6-8-14(5,15-9-7-2)13-16-12(10-17-13)11(3)4/h10-11,15H,6-9H2,1-5H3. The first-order chi connectivity index (χ1) is 8.03. The zero-order chi connectivity index (χ0) is 12.9. The number of aromatic nitrogens is 1. The summed E-state index contributed by atoms with van der Waals surface area (Å²) in [5.74, 6) is 0.525. The zero-order valence-electron chi connectivity index (χ0n) is 11.8. The topological polar surface area (TPSA) is 24.9 Å². The van der Waals surface area contributed by atoms with Crippen LogP contribution in [0.3, 0.4) is 0 Å². The van der Waals surface area contributed by atoms with Gasteiger partial charge in [-0.3, -0.25) is 0 Å². The van der Waals surface area contributed by atoms with E-state index in [-0.39, 0.29) is 5.54 Å². The highest BCUT2D eigenvalue weighted by molar-refractivity contribution is 7.09. The van der Waals surface area contributed by atoms with Crippen molar-refractivity contribution in [1.82, 2.24) is 10.3 Å². The van der Waals surface area contributed by atoms with Crippen molar-refractivity contribution in [3.05, 3.63) is 16.1 Å². The summed E-state index contributed by atoms with van der Waals surface area (Å²) < 4.78 is 0. The van der Waals surface area contributed by atoms with E-state index >= 15 is 0 Å². The molecule has 98 valence electrons. The van der Waals surface area contributed by atoms with Gasteiger partial charge < -0.3 is 5.32 Å². The van der Waals surface area contributed by atoms with E-state index in [1.807, 2.05) is 0 Å². The molecule has 0 aromatic carbocycles. The van der Waals surface area contributed by atoms with E-state index < -0.39 is 0 Å². The summed E-state index contributed by atoms with van der Waals surface area (Å²) in [6, 6.07) is 0. The van der Waals surface area contributed by atoms with Gasteiger partial charge in [-0.25, -0.2) is 4.98 Å². The van der Waals surface area contributed by atoms with E-state index in [1.54, 1.807) is 11.3 Å². The summed E-state index contributed by atoms with van der Waals surface area (Å²) in [6.45, 7) is 12.2. The van der Waals surface area contributed by atoms with Crippen molar-refractivity contribution in [3.8, 4) is 0 Å². The number of nitrogens with one attached hydrogen (secondary N) is 1. The Hall–Kier alpha value is -0.410. The highest BCUT2D eigenvalue weighted by Gasteiger charge is 2.28. The van der Waals surface area contributed by atoms with Crippen molar-refractivity contribution in [1.29, 1.82) is 0 Å². The van der Waals surface area contributed by atoms with Crippen molar-refractivity contribution in [2.24, 2.45) is 0 Å². The van der Waals surface area contributed by atoms with Gasteiger partial charge in [0.15, 0.2) is 0 Å². The van der Waals surface area contributed by atoms with Gasteiger partial charge in [-0.2, -0.15) is 0 Å². The minimum absolute atomic E-state index is 0.0581. The second kappa shape index (κ2) is 6.50. The lowest BCUT2D eigenvalue weighted by molar-refractivity contribution is 0.335. The highest BCUT2D eigenvalue weighted by Crippen LogP contribution is 2.30. The fourth-order valence-electron chi connectivity index (χ4n) is 1.98. The Kier molecular flexibility index (Phi) is 5.60. The summed E-state index contributed by atoms with van der Waals surface area (Å²) >= 11 is 1.80. The molecule has 0 saturated carbocycles. The van der Waals surface area contributed by atoms with E-state index in [0.29, 0.717) is 5.92 Å². The first-order valence-corrected chi connectivity index (χ1v) is 7.62. The first-order valence-electron chi connectivity index (χ1n) is 6.74. The zero-order valence-corrected chi connectivity index (χ0v) is 12.7. The van der Waals surface area contributed by atoms with Crippen LogP contribution in [0.25, 0.3) is 0 Å². The van der Waals surface area contributed by atoms with Gasteiger partial charge in [0.1, 0.15) is 5.01 Å².